The quantitative estimate of drug-likeness (QED) is 0.759. The van der Waals surface area contributed by atoms with E-state index in [4.69, 9.17) is 0 Å². The van der Waals surface area contributed by atoms with Crippen molar-refractivity contribution < 1.29 is 9.59 Å². The van der Waals surface area contributed by atoms with E-state index in [0.29, 0.717) is 13.0 Å². The van der Waals surface area contributed by atoms with Crippen molar-refractivity contribution in [2.75, 3.05) is 27.2 Å². The predicted octanol–water partition coefficient (Wildman–Crippen LogP) is 0.145. The molecule has 0 aromatic rings. The van der Waals surface area contributed by atoms with Crippen molar-refractivity contribution in [2.45, 2.75) is 31.7 Å². The van der Waals surface area contributed by atoms with Crippen LogP contribution in [0, 0.1) is 0 Å². The van der Waals surface area contributed by atoms with Crippen LogP contribution in [0.25, 0.3) is 0 Å². The van der Waals surface area contributed by atoms with Crippen LogP contribution >= 0.6 is 12.4 Å². The summed E-state index contributed by atoms with van der Waals surface area (Å²) in [6, 6.07) is -0.0665. The van der Waals surface area contributed by atoms with Crippen molar-refractivity contribution in [1.82, 2.24) is 15.5 Å². The van der Waals surface area contributed by atoms with Gasteiger partial charge in [0.15, 0.2) is 0 Å². The van der Waals surface area contributed by atoms with E-state index in [2.05, 4.69) is 10.6 Å². The lowest BCUT2D eigenvalue weighted by Gasteiger charge is -2.22. The maximum absolute atomic E-state index is 11.7. The first-order chi connectivity index (χ1) is 7.61. The Morgan fingerprint density at radius 3 is 2.59 bits per heavy atom. The van der Waals surface area contributed by atoms with Gasteiger partial charge in [0.05, 0.1) is 6.04 Å². The third-order valence-corrected chi connectivity index (χ3v) is 2.76. The van der Waals surface area contributed by atoms with Gasteiger partial charge < -0.3 is 15.5 Å². The number of hydrogen-bond acceptors (Lipinski definition) is 3. The Balaban J connectivity index is 0.00000256. The van der Waals surface area contributed by atoms with E-state index in [-0.39, 0.29) is 30.3 Å². The summed E-state index contributed by atoms with van der Waals surface area (Å²) < 4.78 is 0. The van der Waals surface area contributed by atoms with Gasteiger partial charge >= 0.3 is 0 Å². The molecule has 2 N–H and O–H groups in total. The van der Waals surface area contributed by atoms with Crippen LogP contribution in [0.4, 0.5) is 0 Å². The Bertz CT molecular complexity index is 253. The van der Waals surface area contributed by atoms with Crippen LogP contribution in [0.1, 0.15) is 25.7 Å². The summed E-state index contributed by atoms with van der Waals surface area (Å²) in [7, 11) is 3.43. The minimum absolute atomic E-state index is 0. The molecule has 1 heterocycles. The largest absolute Gasteiger partial charge is 0.354 e. The Hall–Kier alpha value is -0.810. The molecule has 17 heavy (non-hydrogen) atoms. The van der Waals surface area contributed by atoms with Gasteiger partial charge in [-0.1, -0.05) is 6.42 Å². The minimum atomic E-state index is -0.0665. The van der Waals surface area contributed by atoms with Gasteiger partial charge in [0, 0.05) is 27.1 Å². The molecule has 5 nitrogen and oxygen atoms in total. The highest BCUT2D eigenvalue weighted by atomic mass is 35.5. The minimum Gasteiger partial charge on any atom is -0.354 e. The lowest BCUT2D eigenvalue weighted by Crippen LogP contribution is -2.47. The lowest BCUT2D eigenvalue weighted by molar-refractivity contribution is -0.128. The van der Waals surface area contributed by atoms with Gasteiger partial charge in [-0.25, -0.2) is 0 Å². The summed E-state index contributed by atoms with van der Waals surface area (Å²) in [5.41, 5.74) is 0. The van der Waals surface area contributed by atoms with E-state index < -0.39 is 0 Å². The molecule has 1 atom stereocenters. The van der Waals surface area contributed by atoms with E-state index in [1.165, 1.54) is 4.90 Å². The summed E-state index contributed by atoms with van der Waals surface area (Å²) in [6.07, 6.45) is 3.50. The van der Waals surface area contributed by atoms with Gasteiger partial charge in [0.1, 0.15) is 0 Å². The normalized spacial score (nSPS) is 19.1. The molecule has 1 fully saturated rings. The molecule has 0 radical (unpaired) electrons. The molecule has 100 valence electrons. The van der Waals surface area contributed by atoms with Gasteiger partial charge in [-0.3, -0.25) is 9.59 Å². The van der Waals surface area contributed by atoms with Crippen LogP contribution in [-0.2, 0) is 9.59 Å². The predicted molar refractivity (Wildman–Crippen MR) is 69.2 cm³/mol. The Morgan fingerprint density at radius 1 is 1.35 bits per heavy atom. The van der Waals surface area contributed by atoms with Crippen LogP contribution in [0.5, 0.6) is 0 Å². The molecule has 6 heteroatoms. The molecule has 1 aliphatic rings. The molecule has 0 saturated carbocycles. The highest BCUT2D eigenvalue weighted by Crippen LogP contribution is 2.06. The van der Waals surface area contributed by atoms with Crippen LogP contribution < -0.4 is 10.6 Å². The monoisotopic (exact) mass is 263 g/mol. The van der Waals surface area contributed by atoms with Crippen LogP contribution in [0.3, 0.4) is 0 Å². The van der Waals surface area contributed by atoms with Crippen LogP contribution in [0.15, 0.2) is 0 Å². The topological polar surface area (TPSA) is 61.4 Å². The summed E-state index contributed by atoms with van der Waals surface area (Å²) >= 11 is 0. The number of carbonyl (C=O) groups is 2. The van der Waals surface area contributed by atoms with Crippen molar-refractivity contribution in [3.05, 3.63) is 0 Å². The fourth-order valence-corrected chi connectivity index (χ4v) is 1.72. The van der Waals surface area contributed by atoms with Gasteiger partial charge in [-0.05, 0) is 19.4 Å². The second-order valence-corrected chi connectivity index (χ2v) is 4.33. The average Bonchev–Trinajstić information content (AvgIpc) is 2.29. The summed E-state index contributed by atoms with van der Waals surface area (Å²) in [6.45, 7) is 1.34. The van der Waals surface area contributed by atoms with E-state index in [0.717, 1.165) is 25.8 Å². The third kappa shape index (κ3) is 5.89. The third-order valence-electron chi connectivity index (χ3n) is 2.76. The smallest absolute Gasteiger partial charge is 0.237 e. The molecule has 0 bridgehead atoms. The fraction of sp³-hybridized carbons (Fsp3) is 0.818. The van der Waals surface area contributed by atoms with Crippen molar-refractivity contribution in [3.8, 4) is 0 Å². The molecular weight excluding hydrogens is 242 g/mol. The first-order valence-corrected chi connectivity index (χ1v) is 5.82. The zero-order valence-corrected chi connectivity index (χ0v) is 11.3. The Kier molecular flexibility index (Phi) is 7.91. The first-order valence-electron chi connectivity index (χ1n) is 5.82. The standard InChI is InChI=1S/C11H21N3O2.ClH/c1-14(2)10(15)6-8-13-11(16)9-5-3-4-7-12-9;/h9,12H,3-8H2,1-2H3,(H,13,16);1H. The average molecular weight is 264 g/mol. The first kappa shape index (κ1) is 16.2. The van der Waals surface area contributed by atoms with Crippen molar-refractivity contribution in [1.29, 1.82) is 0 Å². The van der Waals surface area contributed by atoms with Crippen molar-refractivity contribution >= 4 is 24.2 Å². The molecule has 1 rings (SSSR count). The molecule has 1 aliphatic heterocycles. The van der Waals surface area contributed by atoms with Crippen LogP contribution in [-0.4, -0.2) is 49.9 Å². The van der Waals surface area contributed by atoms with E-state index >= 15 is 0 Å². The number of amides is 2. The number of piperidine rings is 1. The summed E-state index contributed by atoms with van der Waals surface area (Å²) in [4.78, 5) is 24.4. The SMILES string of the molecule is CN(C)C(=O)CCNC(=O)C1CCCCN1.Cl. The molecule has 1 unspecified atom stereocenters. The summed E-state index contributed by atoms with van der Waals surface area (Å²) in [5.74, 6) is 0.0585. The molecule has 0 aromatic carbocycles. The summed E-state index contributed by atoms with van der Waals surface area (Å²) in [5, 5.41) is 5.96. The van der Waals surface area contributed by atoms with Gasteiger partial charge in [-0.2, -0.15) is 0 Å². The molecular formula is C11H22ClN3O2. The highest BCUT2D eigenvalue weighted by Gasteiger charge is 2.19. The second-order valence-electron chi connectivity index (χ2n) is 4.33. The molecule has 2 amide bonds. The lowest BCUT2D eigenvalue weighted by atomic mass is 10.0. The van der Waals surface area contributed by atoms with Gasteiger partial charge in [-0.15, -0.1) is 12.4 Å². The van der Waals surface area contributed by atoms with E-state index in [1.54, 1.807) is 14.1 Å². The Morgan fingerprint density at radius 2 is 2.06 bits per heavy atom. The maximum Gasteiger partial charge on any atom is 0.237 e. The van der Waals surface area contributed by atoms with Gasteiger partial charge in [0.2, 0.25) is 11.8 Å². The number of nitrogens with zero attached hydrogens (tertiary/aromatic N) is 1. The zero-order valence-electron chi connectivity index (χ0n) is 10.5. The van der Waals surface area contributed by atoms with E-state index in [1.807, 2.05) is 0 Å². The number of nitrogens with one attached hydrogen (secondary N) is 2. The fourth-order valence-electron chi connectivity index (χ4n) is 1.72. The van der Waals surface area contributed by atoms with Crippen molar-refractivity contribution in [3.63, 3.8) is 0 Å². The molecule has 0 spiro atoms. The van der Waals surface area contributed by atoms with E-state index in [9.17, 15) is 9.59 Å². The number of rotatable bonds is 4. The number of halogens is 1. The molecule has 1 saturated heterocycles. The second kappa shape index (κ2) is 8.31. The maximum atomic E-state index is 11.7. The van der Waals surface area contributed by atoms with Gasteiger partial charge in [0.25, 0.3) is 0 Å². The van der Waals surface area contributed by atoms with Crippen LogP contribution in [0.2, 0.25) is 0 Å². The zero-order chi connectivity index (χ0) is 12.0. The number of carbonyl (C=O) groups excluding carboxylic acids is 2. The van der Waals surface area contributed by atoms with Crippen molar-refractivity contribution in [2.24, 2.45) is 0 Å². The molecule has 0 aliphatic carbocycles. The highest BCUT2D eigenvalue weighted by molar-refractivity contribution is 5.85. The Labute approximate surface area is 109 Å². The number of hydrogen-bond donors (Lipinski definition) is 2. The molecule has 0 aromatic heterocycles.